The van der Waals surface area contributed by atoms with Crippen LogP contribution in [0.15, 0.2) is 29.3 Å². The number of ether oxygens (including phenoxy) is 1. The highest BCUT2D eigenvalue weighted by Gasteiger charge is 2.41. The summed E-state index contributed by atoms with van der Waals surface area (Å²) in [6, 6.07) is 5.33. The highest BCUT2D eigenvalue weighted by molar-refractivity contribution is 5.93. The lowest BCUT2D eigenvalue weighted by Crippen LogP contribution is -2.56. The molecule has 24 heavy (non-hydrogen) atoms. The van der Waals surface area contributed by atoms with Gasteiger partial charge in [-0.15, -0.1) is 0 Å². The molecule has 1 unspecified atom stereocenters. The van der Waals surface area contributed by atoms with Crippen molar-refractivity contribution in [1.29, 1.82) is 0 Å². The van der Waals surface area contributed by atoms with Crippen molar-refractivity contribution in [2.45, 2.75) is 51.7 Å². The molecule has 1 heterocycles. The summed E-state index contributed by atoms with van der Waals surface area (Å²) in [5.41, 5.74) is 9.74. The number of methoxy groups -OCH3 is 1. The van der Waals surface area contributed by atoms with Crippen LogP contribution in [0.4, 0.5) is 5.69 Å². The molecule has 4 N–H and O–H groups in total. The van der Waals surface area contributed by atoms with Crippen molar-refractivity contribution in [1.82, 2.24) is 0 Å². The van der Waals surface area contributed by atoms with Crippen molar-refractivity contribution in [3.63, 3.8) is 0 Å². The Morgan fingerprint density at radius 2 is 2.12 bits per heavy atom. The quantitative estimate of drug-likeness (QED) is 0.699. The minimum atomic E-state index is -0.599. The molecular weight excluding hydrogens is 304 g/mol. The van der Waals surface area contributed by atoms with Crippen LogP contribution in [-0.4, -0.2) is 36.4 Å². The summed E-state index contributed by atoms with van der Waals surface area (Å²) in [6.45, 7) is 6.74. The van der Waals surface area contributed by atoms with Gasteiger partial charge < -0.3 is 20.9 Å². The average molecular weight is 332 g/mol. The number of hydrogen-bond acceptors (Lipinski definition) is 4. The maximum Gasteiger partial charge on any atom is 0.248 e. The maximum atomic E-state index is 11.4. The Bertz CT molecular complexity index is 650. The van der Waals surface area contributed by atoms with Crippen LogP contribution in [0.2, 0.25) is 0 Å². The van der Waals surface area contributed by atoms with Gasteiger partial charge in [0.15, 0.2) is 0 Å². The van der Waals surface area contributed by atoms with Crippen LogP contribution in [0.25, 0.3) is 0 Å². The van der Waals surface area contributed by atoms with Crippen molar-refractivity contribution in [3.8, 4) is 0 Å². The van der Waals surface area contributed by atoms with Crippen LogP contribution in [-0.2, 0) is 11.2 Å². The average Bonchev–Trinajstić information content (AvgIpc) is 2.53. The van der Waals surface area contributed by atoms with Gasteiger partial charge in [-0.1, -0.05) is 11.1 Å². The summed E-state index contributed by atoms with van der Waals surface area (Å²) in [5.74, 6) is -0.458. The van der Waals surface area contributed by atoms with Crippen molar-refractivity contribution >= 4 is 11.6 Å². The zero-order valence-electron chi connectivity index (χ0n) is 15.0. The number of amides is 1. The van der Waals surface area contributed by atoms with Crippen LogP contribution < -0.4 is 11.1 Å². The third-order valence-corrected chi connectivity index (χ3v) is 5.03. The number of primary amides is 1. The van der Waals surface area contributed by atoms with E-state index in [1.165, 1.54) is 11.1 Å². The Balaban J connectivity index is 2.30. The number of rotatable bonds is 6. The molecule has 0 fully saturated rings. The number of aliphatic hydroxyl groups is 1. The van der Waals surface area contributed by atoms with Gasteiger partial charge in [0, 0.05) is 24.8 Å². The lowest BCUT2D eigenvalue weighted by molar-refractivity contribution is 0.0293. The van der Waals surface area contributed by atoms with Gasteiger partial charge in [-0.3, -0.25) is 4.79 Å². The first-order valence-electron chi connectivity index (χ1n) is 8.30. The molecule has 0 bridgehead atoms. The minimum Gasteiger partial charge on any atom is -0.390 e. The van der Waals surface area contributed by atoms with E-state index in [1.54, 1.807) is 19.2 Å². The smallest absolute Gasteiger partial charge is 0.248 e. The SMILES string of the molecule is COC[C@@]1(CCC(C)=C(C)C)Nc2ccc(C(N)=O)cc2CC1O. The molecule has 2 atom stereocenters. The Morgan fingerprint density at radius 1 is 1.42 bits per heavy atom. The lowest BCUT2D eigenvalue weighted by atomic mass is 9.79. The van der Waals surface area contributed by atoms with E-state index in [9.17, 15) is 9.90 Å². The zero-order chi connectivity index (χ0) is 17.9. The third kappa shape index (κ3) is 3.79. The van der Waals surface area contributed by atoms with Gasteiger partial charge in [0.1, 0.15) is 0 Å². The first-order valence-corrected chi connectivity index (χ1v) is 8.30. The number of nitrogens with two attached hydrogens (primary N) is 1. The van der Waals surface area contributed by atoms with Gasteiger partial charge in [0.25, 0.3) is 0 Å². The predicted octanol–water partition coefficient (Wildman–Crippen LogP) is 2.64. The minimum absolute atomic E-state index is 0.418. The number of aliphatic hydroxyl groups excluding tert-OH is 1. The van der Waals surface area contributed by atoms with Crippen LogP contribution in [0, 0.1) is 0 Å². The van der Waals surface area contributed by atoms with E-state index in [4.69, 9.17) is 10.5 Å². The van der Waals surface area contributed by atoms with E-state index in [1.807, 2.05) is 6.07 Å². The van der Waals surface area contributed by atoms with Gasteiger partial charge >= 0.3 is 0 Å². The van der Waals surface area contributed by atoms with E-state index in [-0.39, 0.29) is 0 Å². The number of carbonyl (C=O) groups excluding carboxylic acids is 1. The number of fused-ring (bicyclic) bond motifs is 1. The van der Waals surface area contributed by atoms with Crippen LogP contribution in [0.5, 0.6) is 0 Å². The van der Waals surface area contributed by atoms with Crippen LogP contribution in [0.3, 0.4) is 0 Å². The second-order valence-corrected chi connectivity index (χ2v) is 6.95. The molecule has 0 saturated carbocycles. The summed E-state index contributed by atoms with van der Waals surface area (Å²) in [7, 11) is 1.65. The largest absolute Gasteiger partial charge is 0.390 e. The molecule has 5 nitrogen and oxygen atoms in total. The molecule has 132 valence electrons. The first-order chi connectivity index (χ1) is 11.3. The van der Waals surface area contributed by atoms with Gasteiger partial charge in [0.2, 0.25) is 5.91 Å². The molecule has 5 heteroatoms. The molecule has 1 aromatic carbocycles. The second-order valence-electron chi connectivity index (χ2n) is 6.95. The Labute approximate surface area is 143 Å². The van der Waals surface area contributed by atoms with Gasteiger partial charge in [-0.05, 0) is 57.4 Å². The first kappa shape index (κ1) is 18.5. The number of allylic oxidation sites excluding steroid dienone is 2. The summed E-state index contributed by atoms with van der Waals surface area (Å²) in [5, 5.41) is 14.3. The van der Waals surface area contributed by atoms with E-state index < -0.39 is 17.6 Å². The third-order valence-electron chi connectivity index (χ3n) is 5.03. The summed E-state index contributed by atoms with van der Waals surface area (Å²) >= 11 is 0. The van der Waals surface area contributed by atoms with Crippen molar-refractivity contribution in [2.24, 2.45) is 5.73 Å². The van der Waals surface area contributed by atoms with Gasteiger partial charge in [-0.25, -0.2) is 0 Å². The highest BCUT2D eigenvalue weighted by atomic mass is 16.5. The molecule has 1 aliphatic rings. The molecule has 0 aliphatic carbocycles. The molecule has 1 amide bonds. The molecular formula is C19H28N2O3. The fourth-order valence-corrected chi connectivity index (χ4v) is 3.14. The lowest BCUT2D eigenvalue weighted by Gasteiger charge is -2.43. The number of nitrogens with one attached hydrogen (secondary N) is 1. The van der Waals surface area contributed by atoms with Crippen molar-refractivity contribution in [3.05, 3.63) is 40.5 Å². The maximum absolute atomic E-state index is 11.4. The molecule has 0 saturated heterocycles. The standard InChI is InChI=1S/C19H28N2O3/c1-12(2)13(3)7-8-19(11-24-4)17(22)10-15-9-14(18(20)23)5-6-16(15)21-19/h5-6,9,17,21-22H,7-8,10-11H2,1-4H3,(H2,20,23)/t17?,19-/m1/s1. The fourth-order valence-electron chi connectivity index (χ4n) is 3.14. The molecule has 0 radical (unpaired) electrons. The van der Waals surface area contributed by atoms with E-state index in [0.29, 0.717) is 18.6 Å². The normalized spacial score (nSPS) is 22.5. The number of hydrogen-bond donors (Lipinski definition) is 3. The van der Waals surface area contributed by atoms with Crippen LogP contribution >= 0.6 is 0 Å². The number of anilines is 1. The Hall–Kier alpha value is -1.85. The Kier molecular flexibility index (Phi) is 5.67. The summed E-state index contributed by atoms with van der Waals surface area (Å²) in [4.78, 5) is 11.4. The van der Waals surface area contributed by atoms with E-state index in [2.05, 4.69) is 26.1 Å². The van der Waals surface area contributed by atoms with E-state index in [0.717, 1.165) is 24.1 Å². The van der Waals surface area contributed by atoms with Crippen LogP contribution in [0.1, 0.15) is 49.5 Å². The number of carbonyl (C=O) groups is 1. The topological polar surface area (TPSA) is 84.6 Å². The van der Waals surface area contributed by atoms with E-state index >= 15 is 0 Å². The molecule has 0 aromatic heterocycles. The predicted molar refractivity (Wildman–Crippen MR) is 96.2 cm³/mol. The molecule has 1 aliphatic heterocycles. The molecule has 1 aromatic rings. The molecule has 0 spiro atoms. The highest BCUT2D eigenvalue weighted by Crippen LogP contribution is 2.35. The fraction of sp³-hybridized carbons (Fsp3) is 0.526. The van der Waals surface area contributed by atoms with Crippen molar-refractivity contribution in [2.75, 3.05) is 19.0 Å². The van der Waals surface area contributed by atoms with Crippen molar-refractivity contribution < 1.29 is 14.6 Å². The monoisotopic (exact) mass is 332 g/mol. The summed E-state index contributed by atoms with van der Waals surface area (Å²) in [6.07, 6.45) is 1.54. The summed E-state index contributed by atoms with van der Waals surface area (Å²) < 4.78 is 5.41. The zero-order valence-corrected chi connectivity index (χ0v) is 15.0. The number of benzene rings is 1. The second kappa shape index (κ2) is 7.36. The Morgan fingerprint density at radius 3 is 2.71 bits per heavy atom. The van der Waals surface area contributed by atoms with Gasteiger partial charge in [-0.2, -0.15) is 0 Å². The van der Waals surface area contributed by atoms with Gasteiger partial charge in [0.05, 0.1) is 18.2 Å². The molecule has 2 rings (SSSR count).